The summed E-state index contributed by atoms with van der Waals surface area (Å²) in [5.74, 6) is 0.0877. The third-order valence-corrected chi connectivity index (χ3v) is 5.47. The summed E-state index contributed by atoms with van der Waals surface area (Å²) in [6.45, 7) is 8.57. The van der Waals surface area contributed by atoms with E-state index in [-0.39, 0.29) is 18.3 Å². The minimum absolute atomic E-state index is 0.337. The van der Waals surface area contributed by atoms with E-state index < -0.39 is 18.2 Å². The SMILES string of the molecule is C=C[C@@H](OCc1ccc(OC)cc1)[C@H]1O[C@@H]2OC(C)(C)O[C@@H]2[C@H]1OCc1ccccc1. The third kappa shape index (κ3) is 5.17. The molecular weight excluding hydrogens is 396 g/mol. The first-order valence-corrected chi connectivity index (χ1v) is 10.5. The van der Waals surface area contributed by atoms with Crippen LogP contribution in [0.3, 0.4) is 0 Å². The van der Waals surface area contributed by atoms with Crippen LogP contribution in [0, 0.1) is 0 Å². The van der Waals surface area contributed by atoms with Crippen LogP contribution in [0.25, 0.3) is 0 Å². The molecule has 2 aromatic carbocycles. The average molecular weight is 427 g/mol. The molecule has 0 aromatic heterocycles. The van der Waals surface area contributed by atoms with Crippen molar-refractivity contribution in [3.8, 4) is 5.75 Å². The molecule has 0 N–H and O–H groups in total. The largest absolute Gasteiger partial charge is 0.497 e. The lowest BCUT2D eigenvalue weighted by Gasteiger charge is -2.29. The van der Waals surface area contributed by atoms with E-state index in [4.69, 9.17) is 28.4 Å². The molecule has 0 amide bonds. The van der Waals surface area contributed by atoms with Gasteiger partial charge in [0.25, 0.3) is 0 Å². The highest BCUT2D eigenvalue weighted by atomic mass is 16.8. The van der Waals surface area contributed by atoms with Crippen LogP contribution < -0.4 is 4.74 Å². The van der Waals surface area contributed by atoms with E-state index in [1.807, 2.05) is 68.4 Å². The number of hydrogen-bond donors (Lipinski definition) is 0. The zero-order valence-electron chi connectivity index (χ0n) is 18.2. The highest BCUT2D eigenvalue weighted by Crippen LogP contribution is 2.40. The van der Waals surface area contributed by atoms with Gasteiger partial charge in [-0.05, 0) is 37.1 Å². The summed E-state index contributed by atoms with van der Waals surface area (Å²) in [6, 6.07) is 17.8. The van der Waals surface area contributed by atoms with Crippen molar-refractivity contribution in [1.29, 1.82) is 0 Å². The van der Waals surface area contributed by atoms with Gasteiger partial charge in [0.2, 0.25) is 0 Å². The van der Waals surface area contributed by atoms with Crippen molar-refractivity contribution in [1.82, 2.24) is 0 Å². The Labute approximate surface area is 183 Å². The van der Waals surface area contributed by atoms with Gasteiger partial charge in [-0.3, -0.25) is 0 Å². The Hall–Kier alpha value is -2.22. The molecule has 6 heteroatoms. The van der Waals surface area contributed by atoms with Crippen LogP contribution in [0.15, 0.2) is 67.3 Å². The van der Waals surface area contributed by atoms with Gasteiger partial charge >= 0.3 is 0 Å². The third-order valence-electron chi connectivity index (χ3n) is 5.47. The summed E-state index contributed by atoms with van der Waals surface area (Å²) in [5.41, 5.74) is 2.11. The lowest BCUT2D eigenvalue weighted by Crippen LogP contribution is -2.43. The fourth-order valence-electron chi connectivity index (χ4n) is 3.94. The standard InChI is InChI=1S/C25H30O6/c1-5-20(27-15-18-11-13-19(26-4)14-12-18)21-22(28-16-17-9-7-6-8-10-17)23-24(29-21)31-25(2,3)30-23/h5-14,20-24H,1,15-16H2,2-4H3/t20-,21-,22+,23-,24-/m1/s1. The molecule has 166 valence electrons. The maximum Gasteiger partial charge on any atom is 0.190 e. The highest BCUT2D eigenvalue weighted by Gasteiger charge is 2.57. The van der Waals surface area contributed by atoms with E-state index in [1.165, 1.54) is 0 Å². The first-order valence-electron chi connectivity index (χ1n) is 10.5. The van der Waals surface area contributed by atoms with Crippen LogP contribution in [0.2, 0.25) is 0 Å². The van der Waals surface area contributed by atoms with E-state index in [2.05, 4.69) is 6.58 Å². The lowest BCUT2D eigenvalue weighted by atomic mass is 10.0. The van der Waals surface area contributed by atoms with Gasteiger partial charge in [-0.2, -0.15) is 0 Å². The van der Waals surface area contributed by atoms with Crippen molar-refractivity contribution in [2.45, 2.75) is 63.6 Å². The summed E-state index contributed by atoms with van der Waals surface area (Å²) in [7, 11) is 1.65. The Morgan fingerprint density at radius 1 is 1.00 bits per heavy atom. The molecule has 31 heavy (non-hydrogen) atoms. The van der Waals surface area contributed by atoms with E-state index >= 15 is 0 Å². The Kier molecular flexibility index (Phi) is 6.74. The molecule has 2 aliphatic heterocycles. The van der Waals surface area contributed by atoms with Gasteiger partial charge < -0.3 is 28.4 Å². The molecule has 2 fully saturated rings. The molecule has 0 unspecified atom stereocenters. The van der Waals surface area contributed by atoms with Crippen LogP contribution in [0.5, 0.6) is 5.75 Å². The number of hydrogen-bond acceptors (Lipinski definition) is 6. The maximum atomic E-state index is 6.30. The molecule has 5 atom stereocenters. The normalized spacial score (nSPS) is 27.6. The summed E-state index contributed by atoms with van der Waals surface area (Å²) in [6.07, 6.45) is -0.233. The summed E-state index contributed by atoms with van der Waals surface area (Å²) in [5, 5.41) is 0. The van der Waals surface area contributed by atoms with Crippen LogP contribution in [0.4, 0.5) is 0 Å². The maximum absolute atomic E-state index is 6.30. The molecule has 0 spiro atoms. The molecule has 2 heterocycles. The quantitative estimate of drug-likeness (QED) is 0.560. The van der Waals surface area contributed by atoms with Gasteiger partial charge in [-0.1, -0.05) is 48.5 Å². The zero-order valence-corrected chi connectivity index (χ0v) is 18.2. The van der Waals surface area contributed by atoms with Crippen LogP contribution >= 0.6 is 0 Å². The molecule has 0 radical (unpaired) electrons. The van der Waals surface area contributed by atoms with Crippen molar-refractivity contribution < 1.29 is 28.4 Å². The molecule has 4 rings (SSSR count). The van der Waals surface area contributed by atoms with Gasteiger partial charge in [0.15, 0.2) is 12.1 Å². The Balaban J connectivity index is 1.45. The molecule has 2 aliphatic rings. The second kappa shape index (κ2) is 9.51. The van der Waals surface area contributed by atoms with Gasteiger partial charge in [0, 0.05) is 0 Å². The van der Waals surface area contributed by atoms with Crippen molar-refractivity contribution in [3.05, 3.63) is 78.4 Å². The number of benzene rings is 2. The topological polar surface area (TPSA) is 55.4 Å². The van der Waals surface area contributed by atoms with E-state index in [0.29, 0.717) is 13.2 Å². The summed E-state index contributed by atoms with van der Waals surface area (Å²) in [4.78, 5) is 0. The predicted octanol–water partition coefficient (Wildman–Crippen LogP) is 4.23. The van der Waals surface area contributed by atoms with Crippen LogP contribution in [-0.2, 0) is 36.9 Å². The minimum Gasteiger partial charge on any atom is -0.497 e. The van der Waals surface area contributed by atoms with Crippen molar-refractivity contribution in [3.63, 3.8) is 0 Å². The Morgan fingerprint density at radius 3 is 2.39 bits per heavy atom. The molecule has 2 saturated heterocycles. The zero-order chi connectivity index (χ0) is 21.8. The molecule has 2 aromatic rings. The molecule has 0 aliphatic carbocycles. The molecule has 0 saturated carbocycles. The van der Waals surface area contributed by atoms with E-state index in [9.17, 15) is 0 Å². The summed E-state index contributed by atoms with van der Waals surface area (Å²) >= 11 is 0. The number of ether oxygens (including phenoxy) is 6. The lowest BCUT2D eigenvalue weighted by molar-refractivity contribution is -0.230. The highest BCUT2D eigenvalue weighted by molar-refractivity contribution is 5.26. The van der Waals surface area contributed by atoms with E-state index in [0.717, 1.165) is 16.9 Å². The van der Waals surface area contributed by atoms with Gasteiger partial charge in [0.05, 0.1) is 20.3 Å². The number of methoxy groups -OCH3 is 1. The molecule has 0 bridgehead atoms. The number of fused-ring (bicyclic) bond motifs is 1. The second-order valence-corrected chi connectivity index (χ2v) is 8.19. The van der Waals surface area contributed by atoms with Crippen LogP contribution in [-0.4, -0.2) is 43.6 Å². The summed E-state index contributed by atoms with van der Waals surface area (Å²) < 4.78 is 35.9. The van der Waals surface area contributed by atoms with Crippen molar-refractivity contribution in [2.75, 3.05) is 7.11 Å². The Bertz CT molecular complexity index is 850. The Morgan fingerprint density at radius 2 is 1.71 bits per heavy atom. The number of rotatable bonds is 9. The smallest absolute Gasteiger partial charge is 0.190 e. The second-order valence-electron chi connectivity index (χ2n) is 8.19. The van der Waals surface area contributed by atoms with Gasteiger partial charge in [-0.15, -0.1) is 6.58 Å². The van der Waals surface area contributed by atoms with Crippen molar-refractivity contribution >= 4 is 0 Å². The fourth-order valence-corrected chi connectivity index (χ4v) is 3.94. The monoisotopic (exact) mass is 426 g/mol. The molecular formula is C25H30O6. The van der Waals surface area contributed by atoms with Crippen LogP contribution in [0.1, 0.15) is 25.0 Å². The predicted molar refractivity (Wildman–Crippen MR) is 115 cm³/mol. The first kappa shape index (κ1) is 22.0. The first-order chi connectivity index (χ1) is 15.0. The van der Waals surface area contributed by atoms with Gasteiger partial charge in [0.1, 0.15) is 30.2 Å². The minimum atomic E-state index is -0.720. The van der Waals surface area contributed by atoms with Gasteiger partial charge in [-0.25, -0.2) is 0 Å². The van der Waals surface area contributed by atoms with Crippen molar-refractivity contribution in [2.24, 2.45) is 0 Å². The fraction of sp³-hybridized carbons (Fsp3) is 0.440. The molecule has 6 nitrogen and oxygen atoms in total. The average Bonchev–Trinajstić information content (AvgIpc) is 3.25. The van der Waals surface area contributed by atoms with E-state index in [1.54, 1.807) is 13.2 Å².